The lowest BCUT2D eigenvalue weighted by Crippen LogP contribution is -2.46. The summed E-state index contributed by atoms with van der Waals surface area (Å²) in [6.45, 7) is 6.89. The van der Waals surface area contributed by atoms with Crippen LogP contribution >= 0.6 is 0 Å². The maximum atomic E-state index is 13.7. The van der Waals surface area contributed by atoms with E-state index in [2.05, 4.69) is 17.1 Å². The van der Waals surface area contributed by atoms with Crippen LogP contribution < -0.4 is 4.74 Å². The zero-order chi connectivity index (χ0) is 26.4. The van der Waals surface area contributed by atoms with Crippen LogP contribution in [0.1, 0.15) is 40.9 Å². The first-order chi connectivity index (χ1) is 17.9. The van der Waals surface area contributed by atoms with E-state index in [-0.39, 0.29) is 24.4 Å². The molecule has 0 radical (unpaired) electrons. The summed E-state index contributed by atoms with van der Waals surface area (Å²) in [7, 11) is 1.64. The van der Waals surface area contributed by atoms with Gasteiger partial charge >= 0.3 is 0 Å². The van der Waals surface area contributed by atoms with Crippen molar-refractivity contribution in [2.75, 3.05) is 20.2 Å². The van der Waals surface area contributed by atoms with Crippen LogP contribution in [0.25, 0.3) is 10.9 Å². The van der Waals surface area contributed by atoms with Gasteiger partial charge in [0.25, 0.3) is 5.91 Å². The molecule has 37 heavy (non-hydrogen) atoms. The van der Waals surface area contributed by atoms with Crippen molar-refractivity contribution in [2.45, 2.75) is 39.8 Å². The molecular weight excluding hydrogens is 462 g/mol. The summed E-state index contributed by atoms with van der Waals surface area (Å²) in [6.07, 6.45) is 2.72. The number of aryl methyl sites for hydroxylation is 1. The highest BCUT2D eigenvalue weighted by molar-refractivity contribution is 5.96. The molecule has 0 atom stereocenters. The third-order valence-corrected chi connectivity index (χ3v) is 6.70. The summed E-state index contributed by atoms with van der Waals surface area (Å²) in [5, 5.41) is 1.16. The molecule has 1 aromatic heterocycles. The van der Waals surface area contributed by atoms with Crippen LogP contribution in [-0.4, -0.2) is 52.8 Å². The zero-order valence-corrected chi connectivity index (χ0v) is 22.0. The summed E-state index contributed by atoms with van der Waals surface area (Å²) < 4.78 is 5.29. The first kappa shape index (κ1) is 26.0. The predicted molar refractivity (Wildman–Crippen MR) is 148 cm³/mol. The van der Waals surface area contributed by atoms with Gasteiger partial charge in [0.1, 0.15) is 12.3 Å². The molecular formula is C31H35N3O3. The molecule has 0 saturated carbocycles. The van der Waals surface area contributed by atoms with Crippen molar-refractivity contribution in [1.29, 1.82) is 0 Å². The Morgan fingerprint density at radius 2 is 1.65 bits per heavy atom. The molecule has 3 aromatic carbocycles. The number of rotatable bonds is 10. The van der Waals surface area contributed by atoms with Crippen molar-refractivity contribution < 1.29 is 14.3 Å². The predicted octanol–water partition coefficient (Wildman–Crippen LogP) is 5.61. The fourth-order valence-electron chi connectivity index (χ4n) is 4.43. The van der Waals surface area contributed by atoms with E-state index in [1.165, 1.54) is 5.56 Å². The Labute approximate surface area is 218 Å². The standard InChI is InChI=1S/C31H35N3O3/c1-22(2)34(31(36)25-13-9-23(3)10-14-25)21-30(35)33(20-24-11-15-27(37-4)16-12-24)18-17-26-19-32-29-8-6-5-7-28(26)29/h5-16,19,22,32H,17-18,20-21H2,1-4H3. The molecule has 6 heteroatoms. The van der Waals surface area contributed by atoms with E-state index >= 15 is 0 Å². The molecule has 6 nitrogen and oxygen atoms in total. The van der Waals surface area contributed by atoms with Crippen LogP contribution in [0.4, 0.5) is 0 Å². The number of nitrogens with one attached hydrogen (secondary N) is 1. The number of fused-ring (bicyclic) bond motifs is 1. The van der Waals surface area contributed by atoms with Crippen molar-refractivity contribution in [3.63, 3.8) is 0 Å². The topological polar surface area (TPSA) is 65.6 Å². The number of hydrogen-bond donors (Lipinski definition) is 1. The highest BCUT2D eigenvalue weighted by Crippen LogP contribution is 2.20. The quantitative estimate of drug-likeness (QED) is 0.310. The van der Waals surface area contributed by atoms with Gasteiger partial charge in [0.2, 0.25) is 5.91 Å². The van der Waals surface area contributed by atoms with Gasteiger partial charge in [-0.2, -0.15) is 0 Å². The van der Waals surface area contributed by atoms with Gasteiger partial charge in [-0.05, 0) is 68.7 Å². The molecule has 0 saturated heterocycles. The van der Waals surface area contributed by atoms with Crippen molar-refractivity contribution >= 4 is 22.7 Å². The van der Waals surface area contributed by atoms with E-state index in [9.17, 15) is 9.59 Å². The minimum atomic E-state index is -0.135. The Bertz CT molecular complexity index is 1340. The van der Waals surface area contributed by atoms with E-state index in [1.807, 2.05) is 92.5 Å². The molecule has 0 fully saturated rings. The maximum absolute atomic E-state index is 13.7. The average molecular weight is 498 g/mol. The monoisotopic (exact) mass is 497 g/mol. The fourth-order valence-corrected chi connectivity index (χ4v) is 4.43. The third-order valence-electron chi connectivity index (χ3n) is 6.70. The van der Waals surface area contributed by atoms with E-state index in [0.29, 0.717) is 25.1 Å². The molecule has 192 valence electrons. The van der Waals surface area contributed by atoms with Crippen molar-refractivity contribution in [3.05, 3.63) is 101 Å². The Morgan fingerprint density at radius 3 is 2.32 bits per heavy atom. The Balaban J connectivity index is 1.54. The van der Waals surface area contributed by atoms with Gasteiger partial charge in [-0.15, -0.1) is 0 Å². The van der Waals surface area contributed by atoms with E-state index in [4.69, 9.17) is 4.74 Å². The van der Waals surface area contributed by atoms with E-state index in [0.717, 1.165) is 27.8 Å². The summed E-state index contributed by atoms with van der Waals surface area (Å²) in [6, 6.07) is 23.3. The van der Waals surface area contributed by atoms with Crippen LogP contribution in [0.3, 0.4) is 0 Å². The second-order valence-electron chi connectivity index (χ2n) is 9.67. The van der Waals surface area contributed by atoms with Gasteiger partial charge < -0.3 is 19.5 Å². The van der Waals surface area contributed by atoms with Gasteiger partial charge in [0.05, 0.1) is 7.11 Å². The van der Waals surface area contributed by atoms with E-state index < -0.39 is 0 Å². The number of aromatic amines is 1. The van der Waals surface area contributed by atoms with E-state index in [1.54, 1.807) is 12.0 Å². The number of H-pyrrole nitrogens is 1. The lowest BCUT2D eigenvalue weighted by Gasteiger charge is -2.30. The fraction of sp³-hybridized carbons (Fsp3) is 0.290. The molecule has 0 aliphatic rings. The Kier molecular flexibility index (Phi) is 8.29. The second kappa shape index (κ2) is 11.8. The third kappa shape index (κ3) is 6.39. The number of nitrogens with zero attached hydrogens (tertiary/aromatic N) is 2. The number of amides is 2. The SMILES string of the molecule is COc1ccc(CN(CCc2c[nH]c3ccccc23)C(=O)CN(C(=O)c2ccc(C)cc2)C(C)C)cc1. The van der Waals surface area contributed by atoms with Gasteiger partial charge in [-0.3, -0.25) is 9.59 Å². The first-order valence-corrected chi connectivity index (χ1v) is 12.7. The number of carbonyl (C=O) groups is 2. The van der Waals surface area contributed by atoms with Crippen LogP contribution in [0.15, 0.2) is 79.0 Å². The molecule has 1 N–H and O–H groups in total. The molecule has 4 aromatic rings. The largest absolute Gasteiger partial charge is 0.497 e. The number of aromatic nitrogens is 1. The highest BCUT2D eigenvalue weighted by Gasteiger charge is 2.25. The summed E-state index contributed by atoms with van der Waals surface area (Å²) in [4.78, 5) is 33.8. The lowest BCUT2D eigenvalue weighted by molar-refractivity contribution is -0.132. The Morgan fingerprint density at radius 1 is 0.946 bits per heavy atom. The first-order valence-electron chi connectivity index (χ1n) is 12.7. The zero-order valence-electron chi connectivity index (χ0n) is 22.0. The molecule has 0 aliphatic carbocycles. The smallest absolute Gasteiger partial charge is 0.254 e. The lowest BCUT2D eigenvalue weighted by atomic mass is 10.1. The van der Waals surface area contributed by atoms with Crippen LogP contribution in [0.2, 0.25) is 0 Å². The number of hydrogen-bond acceptors (Lipinski definition) is 3. The second-order valence-corrected chi connectivity index (χ2v) is 9.67. The maximum Gasteiger partial charge on any atom is 0.254 e. The van der Waals surface area contributed by atoms with Gasteiger partial charge in [-0.1, -0.05) is 48.0 Å². The number of carbonyl (C=O) groups excluding carboxylic acids is 2. The summed E-state index contributed by atoms with van der Waals surface area (Å²) >= 11 is 0. The minimum absolute atomic E-state index is 0.0222. The van der Waals surface area contributed by atoms with Gasteiger partial charge in [0.15, 0.2) is 0 Å². The van der Waals surface area contributed by atoms with Gasteiger partial charge in [0, 0.05) is 41.8 Å². The van der Waals surface area contributed by atoms with Crippen LogP contribution in [0.5, 0.6) is 5.75 Å². The Hall–Kier alpha value is -4.06. The van der Waals surface area contributed by atoms with Crippen molar-refractivity contribution in [3.8, 4) is 5.75 Å². The van der Waals surface area contributed by atoms with Crippen molar-refractivity contribution in [2.24, 2.45) is 0 Å². The average Bonchev–Trinajstić information content (AvgIpc) is 3.33. The molecule has 0 aliphatic heterocycles. The molecule has 0 unspecified atom stereocenters. The minimum Gasteiger partial charge on any atom is -0.497 e. The molecule has 0 spiro atoms. The van der Waals surface area contributed by atoms with Crippen LogP contribution in [0, 0.1) is 6.92 Å². The molecule has 2 amide bonds. The summed E-state index contributed by atoms with van der Waals surface area (Å²) in [5.41, 5.74) is 4.94. The molecule has 1 heterocycles. The molecule has 4 rings (SSSR count). The number of benzene rings is 3. The summed E-state index contributed by atoms with van der Waals surface area (Å²) in [5.74, 6) is 0.560. The molecule has 0 bridgehead atoms. The number of methoxy groups -OCH3 is 1. The van der Waals surface area contributed by atoms with Crippen molar-refractivity contribution in [1.82, 2.24) is 14.8 Å². The number of para-hydroxylation sites is 1. The number of ether oxygens (including phenoxy) is 1. The van der Waals surface area contributed by atoms with Crippen LogP contribution in [-0.2, 0) is 17.8 Å². The highest BCUT2D eigenvalue weighted by atomic mass is 16.5. The van der Waals surface area contributed by atoms with Gasteiger partial charge in [-0.25, -0.2) is 0 Å². The normalized spacial score (nSPS) is 11.1.